The van der Waals surface area contributed by atoms with Gasteiger partial charge in [0.1, 0.15) is 5.15 Å². The zero-order chi connectivity index (χ0) is 22.0. The second-order valence-electron chi connectivity index (χ2n) is 9.05. The van der Waals surface area contributed by atoms with Gasteiger partial charge >= 0.3 is 0 Å². The van der Waals surface area contributed by atoms with Crippen LogP contribution >= 0.6 is 11.6 Å². The molecule has 3 aromatic rings. The molecule has 2 heterocycles. The first kappa shape index (κ1) is 21.0. The number of para-hydroxylation sites is 1. The lowest BCUT2D eigenvalue weighted by Gasteiger charge is -2.37. The zero-order valence-electron chi connectivity index (χ0n) is 18.1. The van der Waals surface area contributed by atoms with E-state index in [1.54, 1.807) is 18.3 Å². The Morgan fingerprint density at radius 1 is 1.06 bits per heavy atom. The Labute approximate surface area is 194 Å². The maximum Gasteiger partial charge on any atom is 0.258 e. The van der Waals surface area contributed by atoms with Crippen molar-refractivity contribution in [3.8, 4) is 0 Å². The lowest BCUT2D eigenvalue weighted by Crippen LogP contribution is -2.39. The number of aromatic nitrogens is 1. The van der Waals surface area contributed by atoms with Crippen molar-refractivity contribution in [3.05, 3.63) is 101 Å². The molecule has 4 heteroatoms. The van der Waals surface area contributed by atoms with Crippen LogP contribution < -0.4 is 4.90 Å². The van der Waals surface area contributed by atoms with Gasteiger partial charge in [0.05, 0.1) is 0 Å². The van der Waals surface area contributed by atoms with E-state index in [-0.39, 0.29) is 11.3 Å². The maximum atomic E-state index is 13.4. The van der Waals surface area contributed by atoms with Crippen molar-refractivity contribution < 1.29 is 4.79 Å². The monoisotopic (exact) mass is 442 g/mol. The molecule has 1 saturated carbocycles. The average Bonchev–Trinajstić information content (AvgIpc) is 3.15. The number of anilines is 1. The maximum absolute atomic E-state index is 13.4. The molecule has 1 aromatic heterocycles. The predicted molar refractivity (Wildman–Crippen MR) is 131 cm³/mol. The first-order valence-corrected chi connectivity index (χ1v) is 11.8. The number of amides is 1. The quantitative estimate of drug-likeness (QED) is 0.410. The number of hydrogen-bond acceptors (Lipinski definition) is 2. The first-order chi connectivity index (χ1) is 15.6. The van der Waals surface area contributed by atoms with Gasteiger partial charge in [-0.1, -0.05) is 72.3 Å². The van der Waals surface area contributed by atoms with E-state index in [0.29, 0.717) is 16.6 Å². The number of pyridine rings is 1. The molecule has 3 nitrogen and oxygen atoms in total. The minimum Gasteiger partial charge on any atom is -0.307 e. The number of fused-ring (bicyclic) bond motifs is 2. The van der Waals surface area contributed by atoms with Crippen LogP contribution in [0.25, 0.3) is 6.08 Å². The summed E-state index contributed by atoms with van der Waals surface area (Å²) in [6, 6.07) is 22.3. The summed E-state index contributed by atoms with van der Waals surface area (Å²) in [5.74, 6) is 0.711. The van der Waals surface area contributed by atoms with E-state index < -0.39 is 0 Å². The number of allylic oxidation sites excluding steroid dienone is 1. The predicted octanol–water partition coefficient (Wildman–Crippen LogP) is 6.93. The standard InChI is InChI=1S/C28H27ClN2O/c29-26-19-23(15-18-30-26)27(32)31-20-28(24-11-4-5-12-25(24)31)16-13-22(14-17-28)10-6-9-21-7-2-1-3-8-21/h1-9,11-12,15,18-19,22H,10,13-14,16-17,20H2. The highest BCUT2D eigenvalue weighted by atomic mass is 35.5. The lowest BCUT2D eigenvalue weighted by atomic mass is 9.67. The van der Waals surface area contributed by atoms with E-state index in [9.17, 15) is 4.79 Å². The van der Waals surface area contributed by atoms with Gasteiger partial charge in [-0.2, -0.15) is 0 Å². The Balaban J connectivity index is 1.30. The average molecular weight is 443 g/mol. The summed E-state index contributed by atoms with van der Waals surface area (Å²) in [5.41, 5.74) is 4.29. The van der Waals surface area contributed by atoms with Crippen molar-refractivity contribution in [1.82, 2.24) is 4.98 Å². The van der Waals surface area contributed by atoms with E-state index in [0.717, 1.165) is 31.5 Å². The second kappa shape index (κ2) is 8.91. The molecular weight excluding hydrogens is 416 g/mol. The third-order valence-corrected chi connectivity index (χ3v) is 7.29. The van der Waals surface area contributed by atoms with E-state index in [1.807, 2.05) is 11.0 Å². The van der Waals surface area contributed by atoms with Gasteiger partial charge in [-0.25, -0.2) is 4.98 Å². The fourth-order valence-corrected chi connectivity index (χ4v) is 5.53. The Bertz CT molecular complexity index is 1130. The van der Waals surface area contributed by atoms with Crippen molar-refractivity contribution in [1.29, 1.82) is 0 Å². The molecule has 1 fully saturated rings. The summed E-state index contributed by atoms with van der Waals surface area (Å²) < 4.78 is 0. The number of nitrogens with zero attached hydrogens (tertiary/aromatic N) is 2. The van der Waals surface area contributed by atoms with Crippen LogP contribution in [0.1, 0.15) is 53.6 Å². The largest absolute Gasteiger partial charge is 0.307 e. The Morgan fingerprint density at radius 3 is 2.59 bits per heavy atom. The molecule has 2 aliphatic rings. The van der Waals surface area contributed by atoms with Crippen LogP contribution in [0.3, 0.4) is 0 Å². The molecule has 5 rings (SSSR count). The van der Waals surface area contributed by atoms with Crippen molar-refractivity contribution in [2.75, 3.05) is 11.4 Å². The van der Waals surface area contributed by atoms with E-state index in [1.165, 1.54) is 24.0 Å². The highest BCUT2D eigenvalue weighted by Crippen LogP contribution is 2.51. The molecule has 1 amide bonds. The highest BCUT2D eigenvalue weighted by Gasteiger charge is 2.46. The van der Waals surface area contributed by atoms with Crippen LogP contribution in [0.15, 0.2) is 79.0 Å². The summed E-state index contributed by atoms with van der Waals surface area (Å²) in [6.07, 6.45) is 11.9. The first-order valence-electron chi connectivity index (χ1n) is 11.4. The summed E-state index contributed by atoms with van der Waals surface area (Å²) in [7, 11) is 0. The Morgan fingerprint density at radius 2 is 1.81 bits per heavy atom. The molecule has 162 valence electrons. The van der Waals surface area contributed by atoms with E-state index in [2.05, 4.69) is 65.7 Å². The molecule has 1 spiro atoms. The molecular formula is C28H27ClN2O. The van der Waals surface area contributed by atoms with Gasteiger partial charge in [-0.05, 0) is 67.3 Å². The van der Waals surface area contributed by atoms with Crippen LogP contribution in [-0.4, -0.2) is 17.4 Å². The highest BCUT2D eigenvalue weighted by molar-refractivity contribution is 6.29. The lowest BCUT2D eigenvalue weighted by molar-refractivity contribution is 0.0980. The second-order valence-corrected chi connectivity index (χ2v) is 9.44. The van der Waals surface area contributed by atoms with Crippen LogP contribution in [0, 0.1) is 5.92 Å². The topological polar surface area (TPSA) is 33.2 Å². The molecule has 32 heavy (non-hydrogen) atoms. The molecule has 0 unspecified atom stereocenters. The SMILES string of the molecule is O=C(c1ccnc(Cl)c1)N1CC2(CCC(CC=Cc3ccccc3)CC2)c2ccccc21. The normalized spacial score (nSPS) is 22.4. The van der Waals surface area contributed by atoms with Crippen molar-refractivity contribution in [3.63, 3.8) is 0 Å². The molecule has 1 aliphatic carbocycles. The van der Waals surface area contributed by atoms with Crippen LogP contribution in [0.2, 0.25) is 5.15 Å². The fraction of sp³-hybridized carbons (Fsp3) is 0.286. The molecule has 0 saturated heterocycles. The molecule has 0 N–H and O–H groups in total. The third-order valence-electron chi connectivity index (χ3n) is 7.09. The van der Waals surface area contributed by atoms with Crippen LogP contribution in [0.4, 0.5) is 5.69 Å². The van der Waals surface area contributed by atoms with Gasteiger partial charge in [0.2, 0.25) is 0 Å². The zero-order valence-corrected chi connectivity index (χ0v) is 18.8. The van der Waals surface area contributed by atoms with E-state index >= 15 is 0 Å². The summed E-state index contributed by atoms with van der Waals surface area (Å²) in [6.45, 7) is 0.748. The smallest absolute Gasteiger partial charge is 0.258 e. The summed E-state index contributed by atoms with van der Waals surface area (Å²) >= 11 is 6.05. The fourth-order valence-electron chi connectivity index (χ4n) is 5.36. The van der Waals surface area contributed by atoms with Crippen LogP contribution in [0.5, 0.6) is 0 Å². The molecule has 1 aliphatic heterocycles. The molecule has 2 aromatic carbocycles. The van der Waals surface area contributed by atoms with E-state index in [4.69, 9.17) is 11.6 Å². The van der Waals surface area contributed by atoms with Crippen molar-refractivity contribution in [2.24, 2.45) is 5.92 Å². The van der Waals surface area contributed by atoms with Gasteiger partial charge in [0.25, 0.3) is 5.91 Å². The number of rotatable bonds is 4. The number of hydrogen-bond donors (Lipinski definition) is 0. The van der Waals surface area contributed by atoms with Gasteiger partial charge in [-0.15, -0.1) is 0 Å². The Kier molecular flexibility index (Phi) is 5.84. The van der Waals surface area contributed by atoms with Gasteiger partial charge < -0.3 is 4.90 Å². The molecule has 0 radical (unpaired) electrons. The molecule has 0 atom stereocenters. The summed E-state index contributed by atoms with van der Waals surface area (Å²) in [5, 5.41) is 0.349. The van der Waals surface area contributed by atoms with Gasteiger partial charge in [0, 0.05) is 29.4 Å². The van der Waals surface area contributed by atoms with Crippen molar-refractivity contribution >= 4 is 29.3 Å². The minimum atomic E-state index is 0.00606. The number of carbonyl (C=O) groups excluding carboxylic acids is 1. The van der Waals surface area contributed by atoms with Crippen LogP contribution in [-0.2, 0) is 5.41 Å². The minimum absolute atomic E-state index is 0.00606. The van der Waals surface area contributed by atoms with Gasteiger partial charge in [-0.3, -0.25) is 4.79 Å². The number of benzene rings is 2. The van der Waals surface area contributed by atoms with Crippen molar-refractivity contribution in [2.45, 2.75) is 37.5 Å². The third kappa shape index (κ3) is 4.10. The summed E-state index contributed by atoms with van der Waals surface area (Å²) in [4.78, 5) is 19.3. The molecule has 0 bridgehead atoms. The number of carbonyl (C=O) groups is 1. The van der Waals surface area contributed by atoms with Gasteiger partial charge in [0.15, 0.2) is 0 Å². The Hall–Kier alpha value is -2.91. The number of halogens is 1.